The number of hydrogen-bond acceptors (Lipinski definition) is 2. The molecule has 0 spiro atoms. The summed E-state index contributed by atoms with van der Waals surface area (Å²) in [4.78, 5) is 4.89. The summed E-state index contributed by atoms with van der Waals surface area (Å²) in [6, 6.07) is 56.2. The number of nitrogens with zero attached hydrogens (tertiary/aromatic N) is 2. The molecule has 6 aromatic rings. The van der Waals surface area contributed by atoms with Gasteiger partial charge in [-0.3, -0.25) is 0 Å². The molecule has 1 aliphatic carbocycles. The number of hydrogen-bond donors (Lipinski definition) is 0. The van der Waals surface area contributed by atoms with Gasteiger partial charge in [0.15, 0.2) is 0 Å². The van der Waals surface area contributed by atoms with E-state index in [1.807, 2.05) is 0 Å². The first kappa shape index (κ1) is 36.7. The quantitative estimate of drug-likeness (QED) is 0.104. The molecule has 0 fully saturated rings. The molecule has 0 unspecified atom stereocenters. The monoisotopic (exact) mass is 706 g/mol. The van der Waals surface area contributed by atoms with Crippen LogP contribution in [-0.2, 0) is 18.4 Å². The molecule has 1 aliphatic rings. The van der Waals surface area contributed by atoms with Gasteiger partial charge in [-0.1, -0.05) is 142 Å². The minimum atomic E-state index is -0.512. The highest BCUT2D eigenvalue weighted by Gasteiger charge is 2.37. The van der Waals surface area contributed by atoms with Crippen molar-refractivity contribution in [2.24, 2.45) is 0 Å². The minimum absolute atomic E-state index is 0.150. The molecule has 0 amide bonds. The summed E-state index contributed by atoms with van der Waals surface area (Å²) in [6.07, 6.45) is 16.7. The maximum absolute atomic E-state index is 2.51. The maximum Gasteiger partial charge on any atom is 0.107 e. The molecule has 0 radical (unpaired) electrons. The lowest BCUT2D eigenvalue weighted by Gasteiger charge is -2.44. The van der Waals surface area contributed by atoms with Gasteiger partial charge >= 0.3 is 0 Å². The van der Waals surface area contributed by atoms with Crippen LogP contribution in [0.5, 0.6) is 0 Å². The first-order chi connectivity index (χ1) is 26.5. The highest BCUT2D eigenvalue weighted by atomic mass is 15.2. The van der Waals surface area contributed by atoms with Crippen LogP contribution in [0.4, 0.5) is 28.4 Å². The second kappa shape index (κ2) is 17.0. The molecule has 0 saturated heterocycles. The molecule has 2 nitrogen and oxygen atoms in total. The molecule has 0 heterocycles. The summed E-state index contributed by atoms with van der Waals surface area (Å²) < 4.78 is 0. The maximum atomic E-state index is 2.51. The van der Waals surface area contributed by atoms with E-state index >= 15 is 0 Å². The fourth-order valence-corrected chi connectivity index (χ4v) is 7.81. The zero-order valence-corrected chi connectivity index (χ0v) is 32.5. The Labute approximate surface area is 324 Å². The van der Waals surface area contributed by atoms with Gasteiger partial charge in [0.05, 0.1) is 0 Å². The Balaban J connectivity index is 1.24. The molecule has 0 aliphatic heterocycles. The van der Waals surface area contributed by atoms with Crippen molar-refractivity contribution in [1.29, 1.82) is 0 Å². The number of benzene rings is 6. The average molecular weight is 707 g/mol. The number of allylic oxidation sites excluding steroid dienone is 2. The van der Waals surface area contributed by atoms with E-state index < -0.39 is 5.54 Å². The summed E-state index contributed by atoms with van der Waals surface area (Å²) in [5.74, 6) is 0.150. The molecule has 54 heavy (non-hydrogen) atoms. The van der Waals surface area contributed by atoms with Crippen LogP contribution in [0.15, 0.2) is 176 Å². The number of anilines is 5. The highest BCUT2D eigenvalue weighted by molar-refractivity contribution is 5.77. The van der Waals surface area contributed by atoms with Crippen LogP contribution >= 0.6 is 0 Å². The molecule has 272 valence electrons. The SMILES string of the molecule is CCCCc1ccc(N(c2ccc(C3C=CC(c4ccccc4)(N(c4ccc(CCCC)cc4)c4cccc(C)c4)C=C3)cc2)c2cccc(C)c2)cc1. The van der Waals surface area contributed by atoms with E-state index in [9.17, 15) is 0 Å². The summed E-state index contributed by atoms with van der Waals surface area (Å²) in [7, 11) is 0. The lowest BCUT2D eigenvalue weighted by atomic mass is 9.79. The first-order valence-electron chi connectivity index (χ1n) is 19.9. The number of unbranched alkanes of at least 4 members (excludes halogenated alkanes) is 2. The van der Waals surface area contributed by atoms with E-state index in [1.54, 1.807) is 0 Å². The molecule has 0 N–H and O–H groups in total. The van der Waals surface area contributed by atoms with Crippen LogP contribution in [0.3, 0.4) is 0 Å². The molecule has 7 rings (SSSR count). The molecule has 0 atom stereocenters. The molecule has 0 aromatic heterocycles. The molecular formula is C52H54N2. The Bertz CT molecular complexity index is 2140. The normalized spacial score (nSPS) is 16.3. The van der Waals surface area contributed by atoms with Crippen molar-refractivity contribution in [3.63, 3.8) is 0 Å². The van der Waals surface area contributed by atoms with E-state index in [2.05, 4.69) is 213 Å². The van der Waals surface area contributed by atoms with Crippen molar-refractivity contribution in [3.05, 3.63) is 209 Å². The van der Waals surface area contributed by atoms with Crippen LogP contribution < -0.4 is 9.80 Å². The van der Waals surface area contributed by atoms with Gasteiger partial charge in [0, 0.05) is 34.4 Å². The van der Waals surface area contributed by atoms with Crippen molar-refractivity contribution >= 4 is 28.4 Å². The van der Waals surface area contributed by atoms with Gasteiger partial charge in [-0.15, -0.1) is 0 Å². The van der Waals surface area contributed by atoms with Crippen LogP contribution in [-0.4, -0.2) is 0 Å². The third-order valence-electron chi connectivity index (χ3n) is 10.8. The third-order valence-corrected chi connectivity index (χ3v) is 10.8. The van der Waals surface area contributed by atoms with Gasteiger partial charge in [-0.05, 0) is 134 Å². The Hall–Kier alpha value is -5.60. The standard InChI is InChI=1S/C52H54N2/c1-5-7-16-42-22-28-47(29-23-42)53(50-20-12-14-40(3)38-50)48-32-26-44(27-33-48)45-34-36-52(37-35-45,46-18-10-9-11-19-46)54(51-21-13-15-41(4)39-51)49-30-24-43(25-31-49)17-8-6-2/h9-15,18-39,45H,5-8,16-17H2,1-4H3. The molecule has 2 heteroatoms. The second-order valence-corrected chi connectivity index (χ2v) is 14.9. The minimum Gasteiger partial charge on any atom is -0.324 e. The predicted octanol–water partition coefficient (Wildman–Crippen LogP) is 14.4. The highest BCUT2D eigenvalue weighted by Crippen LogP contribution is 2.46. The average Bonchev–Trinajstić information content (AvgIpc) is 3.21. The summed E-state index contributed by atoms with van der Waals surface area (Å²) >= 11 is 0. The van der Waals surface area contributed by atoms with Crippen molar-refractivity contribution in [1.82, 2.24) is 0 Å². The van der Waals surface area contributed by atoms with Crippen LogP contribution in [0.2, 0.25) is 0 Å². The van der Waals surface area contributed by atoms with E-state index in [-0.39, 0.29) is 5.92 Å². The van der Waals surface area contributed by atoms with Gasteiger partial charge in [-0.25, -0.2) is 0 Å². The number of rotatable bonds is 14. The van der Waals surface area contributed by atoms with E-state index in [0.29, 0.717) is 0 Å². The Morgan fingerprint density at radius 1 is 0.481 bits per heavy atom. The largest absolute Gasteiger partial charge is 0.324 e. The van der Waals surface area contributed by atoms with E-state index in [0.717, 1.165) is 18.5 Å². The van der Waals surface area contributed by atoms with Gasteiger partial charge in [0.2, 0.25) is 0 Å². The number of aryl methyl sites for hydroxylation is 4. The predicted molar refractivity (Wildman–Crippen MR) is 232 cm³/mol. The van der Waals surface area contributed by atoms with Crippen molar-refractivity contribution in [2.75, 3.05) is 9.80 Å². The summed E-state index contributed by atoms with van der Waals surface area (Å²) in [5, 5.41) is 0. The third kappa shape index (κ3) is 8.14. The van der Waals surface area contributed by atoms with Crippen LogP contribution in [0.1, 0.15) is 78.8 Å². The molecule has 0 saturated carbocycles. The fraction of sp³-hybridized carbons (Fsp3) is 0.231. The van der Waals surface area contributed by atoms with Gasteiger partial charge in [-0.2, -0.15) is 0 Å². The zero-order chi connectivity index (χ0) is 37.3. The van der Waals surface area contributed by atoms with Gasteiger partial charge < -0.3 is 9.80 Å². The van der Waals surface area contributed by atoms with Gasteiger partial charge in [0.25, 0.3) is 0 Å². The van der Waals surface area contributed by atoms with Crippen molar-refractivity contribution < 1.29 is 0 Å². The topological polar surface area (TPSA) is 6.48 Å². The van der Waals surface area contributed by atoms with E-state index in [1.165, 1.54) is 81.8 Å². The lowest BCUT2D eigenvalue weighted by molar-refractivity contribution is 0.661. The summed E-state index contributed by atoms with van der Waals surface area (Å²) in [5.41, 5.74) is 13.1. The van der Waals surface area contributed by atoms with Gasteiger partial charge in [0.1, 0.15) is 5.54 Å². The lowest BCUT2D eigenvalue weighted by Crippen LogP contribution is -2.41. The fourth-order valence-electron chi connectivity index (χ4n) is 7.81. The Morgan fingerprint density at radius 3 is 1.52 bits per heavy atom. The second-order valence-electron chi connectivity index (χ2n) is 14.9. The molecular weight excluding hydrogens is 653 g/mol. The Morgan fingerprint density at radius 2 is 0.981 bits per heavy atom. The van der Waals surface area contributed by atoms with Crippen LogP contribution in [0.25, 0.3) is 0 Å². The Kier molecular flexibility index (Phi) is 11.6. The van der Waals surface area contributed by atoms with E-state index in [4.69, 9.17) is 0 Å². The summed E-state index contributed by atoms with van der Waals surface area (Å²) in [6.45, 7) is 8.86. The van der Waals surface area contributed by atoms with Crippen LogP contribution in [0, 0.1) is 13.8 Å². The first-order valence-corrected chi connectivity index (χ1v) is 19.9. The molecule has 0 bridgehead atoms. The zero-order valence-electron chi connectivity index (χ0n) is 32.5. The smallest absolute Gasteiger partial charge is 0.107 e. The molecule has 6 aromatic carbocycles. The van der Waals surface area contributed by atoms with Crippen molar-refractivity contribution in [3.8, 4) is 0 Å². The van der Waals surface area contributed by atoms with Crippen molar-refractivity contribution in [2.45, 2.75) is 77.7 Å².